The molecule has 1 amide bonds. The fourth-order valence-corrected chi connectivity index (χ4v) is 2.53. The van der Waals surface area contributed by atoms with Gasteiger partial charge in [0.05, 0.1) is 44.4 Å². The number of carbonyl (C=O) groups excluding carboxylic acids is 1. The van der Waals surface area contributed by atoms with Crippen molar-refractivity contribution in [3.63, 3.8) is 0 Å². The van der Waals surface area contributed by atoms with Gasteiger partial charge in [-0.3, -0.25) is 29.7 Å². The molecule has 11 heteroatoms. The Hall–Kier alpha value is -2.82. The van der Waals surface area contributed by atoms with Gasteiger partial charge in [0.15, 0.2) is 0 Å². The average molecular weight is 398 g/mol. The highest BCUT2D eigenvalue weighted by Crippen LogP contribution is 2.24. The minimum Gasteiger partial charge on any atom is -0.336 e. The Balaban J connectivity index is 2.34. The van der Waals surface area contributed by atoms with Crippen LogP contribution in [0.5, 0.6) is 0 Å². The molecule has 0 saturated carbocycles. The van der Waals surface area contributed by atoms with E-state index in [1.54, 1.807) is 17.9 Å². The standard InChI is InChI=1S/C13H12BrN5O5/c1-16(7-12-11(14)6-15-17(12)2)13(20)8-3-9(18(21)22)5-10(4-8)19(23)24/h3-6H,7H2,1-2H3. The van der Waals surface area contributed by atoms with Gasteiger partial charge in [-0.2, -0.15) is 5.10 Å². The van der Waals surface area contributed by atoms with Crippen molar-refractivity contribution in [3.8, 4) is 0 Å². The van der Waals surface area contributed by atoms with Crippen molar-refractivity contribution < 1.29 is 14.6 Å². The third kappa shape index (κ3) is 3.56. The monoisotopic (exact) mass is 397 g/mol. The molecule has 126 valence electrons. The van der Waals surface area contributed by atoms with Gasteiger partial charge in [0.25, 0.3) is 17.3 Å². The zero-order valence-electron chi connectivity index (χ0n) is 12.7. The Labute approximate surface area is 144 Å². The van der Waals surface area contributed by atoms with E-state index in [9.17, 15) is 25.0 Å². The number of non-ortho nitro benzene ring substituents is 2. The Morgan fingerprint density at radius 2 is 1.79 bits per heavy atom. The molecule has 2 rings (SSSR count). The Morgan fingerprint density at radius 1 is 1.25 bits per heavy atom. The van der Waals surface area contributed by atoms with Crippen LogP contribution in [-0.2, 0) is 13.6 Å². The third-order valence-electron chi connectivity index (χ3n) is 3.32. The van der Waals surface area contributed by atoms with Crippen molar-refractivity contribution in [2.75, 3.05) is 7.05 Å². The molecule has 2 aromatic rings. The molecule has 0 bridgehead atoms. The first kappa shape index (κ1) is 17.5. The van der Waals surface area contributed by atoms with E-state index in [0.717, 1.165) is 18.2 Å². The van der Waals surface area contributed by atoms with Crippen LogP contribution in [0, 0.1) is 20.2 Å². The van der Waals surface area contributed by atoms with E-state index in [-0.39, 0.29) is 12.1 Å². The number of hydrogen-bond acceptors (Lipinski definition) is 6. The largest absolute Gasteiger partial charge is 0.336 e. The first-order valence-electron chi connectivity index (χ1n) is 6.56. The predicted molar refractivity (Wildman–Crippen MR) is 86.5 cm³/mol. The number of benzene rings is 1. The van der Waals surface area contributed by atoms with E-state index in [0.29, 0.717) is 10.2 Å². The maximum atomic E-state index is 12.5. The predicted octanol–water partition coefficient (Wildman–Crippen LogP) is 2.27. The summed E-state index contributed by atoms with van der Waals surface area (Å²) in [5, 5.41) is 25.8. The number of aryl methyl sites for hydroxylation is 1. The summed E-state index contributed by atoms with van der Waals surface area (Å²) in [4.78, 5) is 34.0. The van der Waals surface area contributed by atoms with Crippen LogP contribution >= 0.6 is 15.9 Å². The average Bonchev–Trinajstić information content (AvgIpc) is 2.85. The van der Waals surface area contributed by atoms with Crippen molar-refractivity contribution in [1.29, 1.82) is 0 Å². The summed E-state index contributed by atoms with van der Waals surface area (Å²) in [7, 11) is 3.20. The first-order valence-corrected chi connectivity index (χ1v) is 7.35. The summed E-state index contributed by atoms with van der Waals surface area (Å²) < 4.78 is 2.28. The highest BCUT2D eigenvalue weighted by Gasteiger charge is 2.22. The van der Waals surface area contributed by atoms with Gasteiger partial charge in [-0.05, 0) is 15.9 Å². The van der Waals surface area contributed by atoms with E-state index in [1.807, 2.05) is 0 Å². The highest BCUT2D eigenvalue weighted by molar-refractivity contribution is 9.10. The first-order chi connectivity index (χ1) is 11.2. The molecule has 0 fully saturated rings. The summed E-state index contributed by atoms with van der Waals surface area (Å²) in [5.74, 6) is -0.574. The van der Waals surface area contributed by atoms with Gasteiger partial charge in [-0.25, -0.2) is 0 Å². The Morgan fingerprint density at radius 3 is 2.21 bits per heavy atom. The van der Waals surface area contributed by atoms with E-state index >= 15 is 0 Å². The van der Waals surface area contributed by atoms with Gasteiger partial charge in [0.1, 0.15) is 0 Å². The van der Waals surface area contributed by atoms with Crippen LogP contribution in [0.4, 0.5) is 11.4 Å². The third-order valence-corrected chi connectivity index (χ3v) is 3.98. The molecule has 0 unspecified atom stereocenters. The number of carbonyl (C=O) groups is 1. The number of aromatic nitrogens is 2. The summed E-state index contributed by atoms with van der Waals surface area (Å²) in [6.07, 6.45) is 1.58. The fraction of sp³-hybridized carbons (Fsp3) is 0.231. The second-order valence-corrected chi connectivity index (χ2v) is 5.83. The molecule has 0 atom stereocenters. The molecular formula is C13H12BrN5O5. The summed E-state index contributed by atoms with van der Waals surface area (Å²) in [6.45, 7) is 0.173. The summed E-state index contributed by atoms with van der Waals surface area (Å²) in [6, 6.07) is 2.85. The molecule has 0 radical (unpaired) electrons. The fourth-order valence-electron chi connectivity index (χ4n) is 2.06. The van der Waals surface area contributed by atoms with E-state index in [2.05, 4.69) is 21.0 Å². The van der Waals surface area contributed by atoms with E-state index in [4.69, 9.17) is 0 Å². The lowest BCUT2D eigenvalue weighted by Gasteiger charge is -2.17. The number of halogens is 1. The number of nitro groups is 2. The lowest BCUT2D eigenvalue weighted by atomic mass is 10.1. The molecule has 24 heavy (non-hydrogen) atoms. The van der Waals surface area contributed by atoms with Gasteiger partial charge in [0, 0.05) is 26.2 Å². The number of nitrogens with zero attached hydrogens (tertiary/aromatic N) is 5. The van der Waals surface area contributed by atoms with Gasteiger partial charge in [0.2, 0.25) is 0 Å². The van der Waals surface area contributed by atoms with Crippen LogP contribution in [0.25, 0.3) is 0 Å². The number of nitro benzene ring substituents is 2. The van der Waals surface area contributed by atoms with Gasteiger partial charge >= 0.3 is 0 Å². The van der Waals surface area contributed by atoms with Crippen LogP contribution in [0.3, 0.4) is 0 Å². The smallest absolute Gasteiger partial charge is 0.277 e. The minimum atomic E-state index is -0.776. The zero-order valence-corrected chi connectivity index (χ0v) is 14.3. The molecule has 0 N–H and O–H groups in total. The molecular weight excluding hydrogens is 386 g/mol. The number of hydrogen-bond donors (Lipinski definition) is 0. The normalized spacial score (nSPS) is 10.5. The summed E-state index contributed by atoms with van der Waals surface area (Å²) >= 11 is 3.31. The number of rotatable bonds is 5. The maximum Gasteiger partial charge on any atom is 0.277 e. The highest BCUT2D eigenvalue weighted by atomic mass is 79.9. The molecule has 0 spiro atoms. The molecule has 0 aliphatic carbocycles. The molecule has 10 nitrogen and oxygen atoms in total. The van der Waals surface area contributed by atoms with Gasteiger partial charge < -0.3 is 4.90 Å². The molecule has 0 saturated heterocycles. The second-order valence-electron chi connectivity index (χ2n) is 4.98. The molecule has 0 aliphatic rings. The molecule has 0 aliphatic heterocycles. The van der Waals surface area contributed by atoms with Crippen molar-refractivity contribution >= 4 is 33.2 Å². The molecule has 1 aromatic heterocycles. The van der Waals surface area contributed by atoms with Crippen molar-refractivity contribution in [1.82, 2.24) is 14.7 Å². The van der Waals surface area contributed by atoms with Crippen molar-refractivity contribution in [2.45, 2.75) is 6.54 Å². The van der Waals surface area contributed by atoms with Crippen LogP contribution < -0.4 is 0 Å². The molecule has 1 aromatic carbocycles. The lowest BCUT2D eigenvalue weighted by molar-refractivity contribution is -0.394. The topological polar surface area (TPSA) is 124 Å². The molecule has 1 heterocycles. The van der Waals surface area contributed by atoms with Crippen molar-refractivity contribution in [2.24, 2.45) is 7.05 Å². The van der Waals surface area contributed by atoms with Crippen LogP contribution in [0.1, 0.15) is 16.1 Å². The summed E-state index contributed by atoms with van der Waals surface area (Å²) in [5.41, 5.74) is -0.437. The van der Waals surface area contributed by atoms with Crippen molar-refractivity contribution in [3.05, 3.63) is 60.4 Å². The van der Waals surface area contributed by atoms with Crippen LogP contribution in [0.15, 0.2) is 28.9 Å². The Bertz CT molecular complexity index is 782. The van der Waals surface area contributed by atoms with Crippen LogP contribution in [0.2, 0.25) is 0 Å². The lowest BCUT2D eigenvalue weighted by Crippen LogP contribution is -2.27. The van der Waals surface area contributed by atoms with Crippen LogP contribution in [-0.4, -0.2) is 37.5 Å². The minimum absolute atomic E-state index is 0.128. The maximum absolute atomic E-state index is 12.5. The quantitative estimate of drug-likeness (QED) is 0.562. The van der Waals surface area contributed by atoms with E-state index < -0.39 is 27.1 Å². The second kappa shape index (κ2) is 6.74. The Kier molecular flexibility index (Phi) is 4.93. The van der Waals surface area contributed by atoms with Gasteiger partial charge in [-0.15, -0.1) is 0 Å². The number of amides is 1. The zero-order chi connectivity index (χ0) is 18.0. The van der Waals surface area contributed by atoms with Gasteiger partial charge in [-0.1, -0.05) is 0 Å². The van der Waals surface area contributed by atoms with E-state index in [1.165, 1.54) is 11.9 Å². The SMILES string of the molecule is CN(Cc1c(Br)cnn1C)C(=O)c1cc([N+](=O)[O-])cc([N+](=O)[O-])c1.